The number of aliphatic hydroxyl groups excluding tert-OH is 1. The summed E-state index contributed by atoms with van der Waals surface area (Å²) in [7, 11) is 0. The third-order valence-corrected chi connectivity index (χ3v) is 2.55. The fraction of sp³-hybridized carbons (Fsp3) is 0.500. The van der Waals surface area contributed by atoms with Crippen LogP contribution in [0.15, 0.2) is 24.3 Å². The highest BCUT2D eigenvalue weighted by atomic mass is 16.5. The van der Waals surface area contributed by atoms with Gasteiger partial charge < -0.3 is 19.9 Å². The molecular weight excluding hydrogens is 206 g/mol. The molecule has 0 amide bonds. The minimum absolute atomic E-state index is 0.155. The fourth-order valence-electron chi connectivity index (χ4n) is 1.72. The van der Waals surface area contributed by atoms with Crippen molar-refractivity contribution in [2.24, 2.45) is 0 Å². The molecule has 0 bridgehead atoms. The summed E-state index contributed by atoms with van der Waals surface area (Å²) in [5.74, 6) is 1.59. The molecule has 88 valence electrons. The van der Waals surface area contributed by atoms with Gasteiger partial charge in [0.2, 0.25) is 0 Å². The summed E-state index contributed by atoms with van der Waals surface area (Å²) in [6.07, 6.45) is -0.579. The maximum absolute atomic E-state index is 9.58. The fourth-order valence-corrected chi connectivity index (χ4v) is 1.72. The summed E-state index contributed by atoms with van der Waals surface area (Å²) in [6, 6.07) is 7.45. The van der Waals surface area contributed by atoms with Gasteiger partial charge in [0.05, 0.1) is 6.61 Å². The van der Waals surface area contributed by atoms with Gasteiger partial charge in [-0.2, -0.15) is 0 Å². The molecule has 16 heavy (non-hydrogen) atoms. The van der Waals surface area contributed by atoms with Crippen LogP contribution in [0.5, 0.6) is 11.5 Å². The van der Waals surface area contributed by atoms with Crippen LogP contribution in [0, 0.1) is 0 Å². The van der Waals surface area contributed by atoms with Crippen molar-refractivity contribution in [1.82, 2.24) is 5.32 Å². The topological polar surface area (TPSA) is 50.7 Å². The van der Waals surface area contributed by atoms with E-state index in [9.17, 15) is 5.11 Å². The molecule has 1 fully saturated rings. The smallest absolute Gasteiger partial charge is 0.138 e. The van der Waals surface area contributed by atoms with E-state index < -0.39 is 6.10 Å². The van der Waals surface area contributed by atoms with E-state index in [1.54, 1.807) is 0 Å². The average molecular weight is 223 g/mol. The van der Waals surface area contributed by atoms with Crippen LogP contribution >= 0.6 is 0 Å². The van der Waals surface area contributed by atoms with Gasteiger partial charge in [-0.05, 0) is 31.2 Å². The van der Waals surface area contributed by atoms with Crippen LogP contribution in [0.25, 0.3) is 0 Å². The number of nitrogens with one attached hydrogen (secondary N) is 1. The van der Waals surface area contributed by atoms with Gasteiger partial charge in [-0.1, -0.05) is 0 Å². The SMILES string of the molecule is CCOc1ccc(OC2CNCC2O)cc1. The van der Waals surface area contributed by atoms with Crippen LogP contribution in [0.2, 0.25) is 0 Å². The summed E-state index contributed by atoms with van der Waals surface area (Å²) < 4.78 is 11.0. The van der Waals surface area contributed by atoms with Crippen molar-refractivity contribution < 1.29 is 14.6 Å². The second-order valence-corrected chi connectivity index (χ2v) is 3.79. The van der Waals surface area contributed by atoms with E-state index in [0.29, 0.717) is 19.7 Å². The predicted molar refractivity (Wildman–Crippen MR) is 60.9 cm³/mol. The van der Waals surface area contributed by atoms with Crippen molar-refractivity contribution in [3.05, 3.63) is 24.3 Å². The molecule has 0 radical (unpaired) electrons. The molecule has 1 saturated heterocycles. The minimum Gasteiger partial charge on any atom is -0.494 e. The minimum atomic E-state index is -0.424. The third kappa shape index (κ3) is 2.65. The zero-order chi connectivity index (χ0) is 11.4. The highest BCUT2D eigenvalue weighted by Gasteiger charge is 2.26. The Balaban J connectivity index is 1.94. The largest absolute Gasteiger partial charge is 0.494 e. The van der Waals surface area contributed by atoms with E-state index in [1.807, 2.05) is 31.2 Å². The van der Waals surface area contributed by atoms with Gasteiger partial charge in [0.1, 0.15) is 23.7 Å². The molecule has 2 unspecified atom stereocenters. The molecule has 1 aromatic carbocycles. The first-order valence-electron chi connectivity index (χ1n) is 5.58. The molecule has 0 spiro atoms. The Morgan fingerprint density at radius 1 is 1.25 bits per heavy atom. The Bertz CT molecular complexity index is 326. The summed E-state index contributed by atoms with van der Waals surface area (Å²) >= 11 is 0. The van der Waals surface area contributed by atoms with E-state index in [-0.39, 0.29) is 6.10 Å². The van der Waals surface area contributed by atoms with E-state index in [1.165, 1.54) is 0 Å². The molecule has 0 saturated carbocycles. The number of benzene rings is 1. The second-order valence-electron chi connectivity index (χ2n) is 3.79. The highest BCUT2D eigenvalue weighted by molar-refractivity contribution is 5.31. The molecular formula is C12H17NO3. The zero-order valence-electron chi connectivity index (χ0n) is 9.35. The van der Waals surface area contributed by atoms with Crippen molar-refractivity contribution in [1.29, 1.82) is 0 Å². The Morgan fingerprint density at radius 2 is 1.94 bits per heavy atom. The molecule has 2 rings (SSSR count). The van der Waals surface area contributed by atoms with Crippen LogP contribution in [0.4, 0.5) is 0 Å². The monoisotopic (exact) mass is 223 g/mol. The number of rotatable bonds is 4. The van der Waals surface area contributed by atoms with Crippen LogP contribution < -0.4 is 14.8 Å². The van der Waals surface area contributed by atoms with Gasteiger partial charge in [0.25, 0.3) is 0 Å². The van der Waals surface area contributed by atoms with Gasteiger partial charge in [0, 0.05) is 13.1 Å². The van der Waals surface area contributed by atoms with Crippen molar-refractivity contribution in [2.45, 2.75) is 19.1 Å². The summed E-state index contributed by atoms with van der Waals surface area (Å²) in [4.78, 5) is 0. The molecule has 2 atom stereocenters. The molecule has 2 N–H and O–H groups in total. The standard InChI is InChI=1S/C12H17NO3/c1-2-15-9-3-5-10(6-4-9)16-12-8-13-7-11(12)14/h3-6,11-14H,2,7-8H2,1H3. The van der Waals surface area contributed by atoms with Gasteiger partial charge in [-0.15, -0.1) is 0 Å². The first kappa shape index (κ1) is 11.2. The predicted octanol–water partition coefficient (Wildman–Crippen LogP) is 0.797. The van der Waals surface area contributed by atoms with E-state index in [2.05, 4.69) is 5.32 Å². The number of aliphatic hydroxyl groups is 1. The van der Waals surface area contributed by atoms with Gasteiger partial charge in [0.15, 0.2) is 0 Å². The Labute approximate surface area is 95.2 Å². The normalized spacial score (nSPS) is 24.4. The van der Waals surface area contributed by atoms with E-state index >= 15 is 0 Å². The maximum Gasteiger partial charge on any atom is 0.138 e. The second kappa shape index (κ2) is 5.18. The first-order chi connectivity index (χ1) is 7.79. The van der Waals surface area contributed by atoms with Crippen LogP contribution in [-0.4, -0.2) is 37.0 Å². The van der Waals surface area contributed by atoms with Crippen molar-refractivity contribution in [2.75, 3.05) is 19.7 Å². The molecule has 4 nitrogen and oxygen atoms in total. The summed E-state index contributed by atoms with van der Waals surface area (Å²) in [6.45, 7) is 3.90. The summed E-state index contributed by atoms with van der Waals surface area (Å²) in [5, 5.41) is 12.7. The van der Waals surface area contributed by atoms with Crippen LogP contribution in [-0.2, 0) is 0 Å². The lowest BCUT2D eigenvalue weighted by Crippen LogP contribution is -2.29. The molecule has 1 aromatic rings. The van der Waals surface area contributed by atoms with Gasteiger partial charge in [-0.25, -0.2) is 0 Å². The molecule has 0 aliphatic carbocycles. The molecule has 1 heterocycles. The quantitative estimate of drug-likeness (QED) is 0.792. The first-order valence-corrected chi connectivity index (χ1v) is 5.58. The Morgan fingerprint density at radius 3 is 2.50 bits per heavy atom. The zero-order valence-corrected chi connectivity index (χ0v) is 9.35. The molecule has 4 heteroatoms. The molecule has 1 aliphatic rings. The van der Waals surface area contributed by atoms with Crippen molar-refractivity contribution in [3.8, 4) is 11.5 Å². The van der Waals surface area contributed by atoms with E-state index in [4.69, 9.17) is 9.47 Å². The lowest BCUT2D eigenvalue weighted by molar-refractivity contribution is 0.0737. The highest BCUT2D eigenvalue weighted by Crippen LogP contribution is 2.19. The molecule has 0 aromatic heterocycles. The lowest BCUT2D eigenvalue weighted by Gasteiger charge is -2.16. The van der Waals surface area contributed by atoms with E-state index in [0.717, 1.165) is 11.5 Å². The van der Waals surface area contributed by atoms with Gasteiger partial charge >= 0.3 is 0 Å². The third-order valence-electron chi connectivity index (χ3n) is 2.55. The number of ether oxygens (including phenoxy) is 2. The Kier molecular flexibility index (Phi) is 3.64. The van der Waals surface area contributed by atoms with Crippen LogP contribution in [0.1, 0.15) is 6.92 Å². The van der Waals surface area contributed by atoms with Crippen LogP contribution in [0.3, 0.4) is 0 Å². The van der Waals surface area contributed by atoms with Gasteiger partial charge in [-0.3, -0.25) is 0 Å². The number of β-amino-alcohol motifs (C(OH)–C–C–N with tert-alkyl or cyclic N) is 1. The number of hydrogen-bond acceptors (Lipinski definition) is 4. The number of hydrogen-bond donors (Lipinski definition) is 2. The Hall–Kier alpha value is -1.26. The lowest BCUT2D eigenvalue weighted by atomic mass is 10.2. The summed E-state index contributed by atoms with van der Waals surface area (Å²) in [5.41, 5.74) is 0. The molecule has 1 aliphatic heterocycles. The van der Waals surface area contributed by atoms with Crippen molar-refractivity contribution >= 4 is 0 Å². The van der Waals surface area contributed by atoms with Crippen molar-refractivity contribution in [3.63, 3.8) is 0 Å². The average Bonchev–Trinajstić information content (AvgIpc) is 2.68. The maximum atomic E-state index is 9.58.